The zero-order chi connectivity index (χ0) is 26.0. The summed E-state index contributed by atoms with van der Waals surface area (Å²) in [5, 5.41) is 18.2. The summed E-state index contributed by atoms with van der Waals surface area (Å²) < 4.78 is 44.0. The second-order valence-corrected chi connectivity index (χ2v) is 10.9. The molecule has 0 bridgehead atoms. The van der Waals surface area contributed by atoms with Crippen LogP contribution in [0.1, 0.15) is 27.9 Å². The number of aromatic nitrogens is 3. The van der Waals surface area contributed by atoms with Gasteiger partial charge in [-0.25, -0.2) is 19.5 Å². The fourth-order valence-electron chi connectivity index (χ4n) is 4.08. The van der Waals surface area contributed by atoms with Gasteiger partial charge in [0.2, 0.25) is 0 Å². The van der Waals surface area contributed by atoms with Crippen molar-refractivity contribution in [3.05, 3.63) is 75.4 Å². The Balaban J connectivity index is 1.51. The van der Waals surface area contributed by atoms with Gasteiger partial charge in [-0.3, -0.25) is 8.98 Å². The molecule has 1 saturated carbocycles. The molecule has 4 atom stereocenters. The lowest BCUT2D eigenvalue weighted by Gasteiger charge is -2.18. The van der Waals surface area contributed by atoms with E-state index in [0.717, 1.165) is 10.0 Å². The van der Waals surface area contributed by atoms with Gasteiger partial charge < -0.3 is 15.0 Å². The molecule has 0 aliphatic heterocycles. The number of aliphatic hydroxyl groups excluding tert-OH is 1. The summed E-state index contributed by atoms with van der Waals surface area (Å²) in [6, 6.07) is 8.23. The highest BCUT2D eigenvalue weighted by atomic mass is 79.9. The highest BCUT2D eigenvalue weighted by molar-refractivity contribution is 9.10. The number of nitrogens with two attached hydrogens (primary N) is 1. The van der Waals surface area contributed by atoms with Crippen molar-refractivity contribution in [3.63, 3.8) is 0 Å². The van der Waals surface area contributed by atoms with Crippen molar-refractivity contribution in [2.45, 2.75) is 31.3 Å². The molecule has 192 valence electrons. The van der Waals surface area contributed by atoms with E-state index in [1.54, 1.807) is 10.8 Å². The minimum Gasteiger partial charge on any atom is -0.390 e. The Kier molecular flexibility index (Phi) is 8.07. The summed E-state index contributed by atoms with van der Waals surface area (Å²) in [5.74, 6) is -1.20. The number of halogens is 3. The van der Waals surface area contributed by atoms with E-state index in [1.165, 1.54) is 18.6 Å². The molecule has 0 saturated heterocycles. The lowest BCUT2D eigenvalue weighted by Crippen LogP contribution is -2.33. The van der Waals surface area contributed by atoms with Gasteiger partial charge >= 0.3 is 10.3 Å². The molecular formula is C22H22BrClFN5O5S. The molecule has 2 heterocycles. The maximum Gasteiger partial charge on any atom is 0.333 e. The molecule has 0 radical (unpaired) electrons. The van der Waals surface area contributed by atoms with Crippen LogP contribution in [0.2, 0.25) is 5.15 Å². The maximum absolute atomic E-state index is 14.8. The summed E-state index contributed by atoms with van der Waals surface area (Å²) >= 11 is 9.79. The Morgan fingerprint density at radius 3 is 2.89 bits per heavy atom. The third kappa shape index (κ3) is 6.28. The first-order valence-electron chi connectivity index (χ1n) is 10.7. The van der Waals surface area contributed by atoms with Crippen LogP contribution in [0.3, 0.4) is 0 Å². The summed E-state index contributed by atoms with van der Waals surface area (Å²) in [7, 11) is -4.24. The predicted molar refractivity (Wildman–Crippen MR) is 134 cm³/mol. The molecule has 1 aromatic carbocycles. The first-order valence-corrected chi connectivity index (χ1v) is 13.4. The van der Waals surface area contributed by atoms with E-state index in [2.05, 4.69) is 35.4 Å². The number of rotatable bonds is 9. The number of carbonyl (C=O) groups is 1. The van der Waals surface area contributed by atoms with E-state index in [-0.39, 0.29) is 23.4 Å². The number of carbonyl (C=O) groups excluding carboxylic acids is 1. The number of hydrogen-bond acceptors (Lipinski definition) is 8. The van der Waals surface area contributed by atoms with Crippen LogP contribution < -0.4 is 10.5 Å². The minimum atomic E-state index is -4.24. The van der Waals surface area contributed by atoms with Crippen molar-refractivity contribution in [1.82, 2.24) is 14.5 Å². The lowest BCUT2D eigenvalue weighted by atomic mass is 10.1. The molecular weight excluding hydrogens is 581 g/mol. The number of benzene rings is 1. The Morgan fingerprint density at radius 1 is 1.39 bits per heavy atom. The van der Waals surface area contributed by atoms with Crippen LogP contribution in [-0.4, -0.2) is 58.8 Å². The number of alkyl halides is 1. The van der Waals surface area contributed by atoms with Crippen molar-refractivity contribution < 1.29 is 26.9 Å². The van der Waals surface area contributed by atoms with E-state index >= 15 is 0 Å². The Bertz CT molecular complexity index is 1370. The number of anilines is 1. The number of nitrogens with one attached hydrogen (secondary N) is 1. The monoisotopic (exact) mass is 601 g/mol. The zero-order valence-corrected chi connectivity index (χ0v) is 21.7. The van der Waals surface area contributed by atoms with Crippen molar-refractivity contribution >= 4 is 49.4 Å². The van der Waals surface area contributed by atoms with Crippen LogP contribution in [0, 0.1) is 5.92 Å². The van der Waals surface area contributed by atoms with E-state index in [9.17, 15) is 22.7 Å². The quantitative estimate of drug-likeness (QED) is 0.317. The summed E-state index contributed by atoms with van der Waals surface area (Å²) in [6.45, 7) is -0.0361. The van der Waals surface area contributed by atoms with Crippen LogP contribution >= 0.6 is 27.5 Å². The van der Waals surface area contributed by atoms with Gasteiger partial charge in [-0.05, 0) is 30.2 Å². The average molecular weight is 603 g/mol. The summed E-state index contributed by atoms with van der Waals surface area (Å²) in [5.41, 5.74) is 1.34. The third-order valence-corrected chi connectivity index (χ3v) is 7.11. The molecule has 4 N–H and O–H groups in total. The first-order chi connectivity index (χ1) is 17.0. The molecule has 1 aliphatic carbocycles. The van der Waals surface area contributed by atoms with Crippen molar-refractivity contribution in [2.24, 2.45) is 11.1 Å². The van der Waals surface area contributed by atoms with Crippen molar-refractivity contribution in [1.29, 1.82) is 0 Å². The number of ketones is 1. The fraction of sp³-hybridized carbons (Fsp3) is 0.318. The highest BCUT2D eigenvalue weighted by Crippen LogP contribution is 2.32. The predicted octanol–water partition coefficient (Wildman–Crippen LogP) is 2.69. The normalized spacial score (nSPS) is 22.0. The van der Waals surface area contributed by atoms with Crippen LogP contribution in [0.5, 0.6) is 0 Å². The first kappa shape index (κ1) is 26.6. The maximum atomic E-state index is 14.8. The average Bonchev–Trinajstić information content (AvgIpc) is 3.31. The standard InChI is InChI=1S/C22H22BrClFN5O5S/c23-15-3-1-2-12(4-15)8-30-9-13(6-18(30)24)20(31)16-7-27-11-28-22(16)29-17-5-14(21(32)19(17)25)10-35-36(26,33)34/h1-4,6-7,9,11,14,17,19,21,32H,5,8,10H2,(H2,26,33,34)(H,27,28,29)/t14-,17-,19-,21-/m1/s1. The molecule has 4 rings (SSSR count). The van der Waals surface area contributed by atoms with Crippen molar-refractivity contribution in [2.75, 3.05) is 11.9 Å². The number of hydrogen-bond donors (Lipinski definition) is 3. The van der Waals surface area contributed by atoms with Gasteiger partial charge in [0, 0.05) is 34.9 Å². The Hall–Kier alpha value is -2.42. The molecule has 0 amide bonds. The molecule has 1 aliphatic rings. The molecule has 14 heteroatoms. The van der Waals surface area contributed by atoms with Crippen molar-refractivity contribution in [3.8, 4) is 0 Å². The molecule has 1 fully saturated rings. The molecule has 2 aromatic heterocycles. The SMILES string of the molecule is NS(=O)(=O)OC[C@H]1C[C@@H](Nc2ncncc2C(=O)c2cc(Cl)n(Cc3cccc(Br)c3)c2)[C@@H](F)[C@@H]1O. The molecule has 0 unspecified atom stereocenters. The highest BCUT2D eigenvalue weighted by Gasteiger charge is 2.44. The molecule has 36 heavy (non-hydrogen) atoms. The molecule has 0 spiro atoms. The van der Waals surface area contributed by atoms with E-state index in [4.69, 9.17) is 16.7 Å². The van der Waals surface area contributed by atoms with Gasteiger partial charge in [-0.1, -0.05) is 39.7 Å². The largest absolute Gasteiger partial charge is 0.390 e. The second-order valence-electron chi connectivity index (χ2n) is 8.38. The molecule has 10 nitrogen and oxygen atoms in total. The van der Waals surface area contributed by atoms with Gasteiger partial charge in [0.25, 0.3) is 0 Å². The topological polar surface area (TPSA) is 149 Å². The Labute approximate surface area is 220 Å². The number of nitrogens with zero attached hydrogens (tertiary/aromatic N) is 3. The van der Waals surface area contributed by atoms with Gasteiger partial charge in [0.15, 0.2) is 5.78 Å². The lowest BCUT2D eigenvalue weighted by molar-refractivity contribution is 0.0501. The van der Waals surface area contributed by atoms with E-state index in [1.807, 2.05) is 24.3 Å². The third-order valence-electron chi connectivity index (χ3n) is 5.82. The van der Waals surface area contributed by atoms with Gasteiger partial charge in [0.1, 0.15) is 23.5 Å². The van der Waals surface area contributed by atoms with Crippen LogP contribution in [0.4, 0.5) is 10.2 Å². The van der Waals surface area contributed by atoms with Gasteiger partial charge in [-0.15, -0.1) is 0 Å². The fourth-order valence-corrected chi connectivity index (χ4v) is 5.12. The second kappa shape index (κ2) is 10.9. The molecule has 3 aromatic rings. The van der Waals surface area contributed by atoms with Gasteiger partial charge in [-0.2, -0.15) is 8.42 Å². The minimum absolute atomic E-state index is 0.0182. The van der Waals surface area contributed by atoms with Crippen LogP contribution in [0.25, 0.3) is 0 Å². The summed E-state index contributed by atoms with van der Waals surface area (Å²) in [4.78, 5) is 21.3. The summed E-state index contributed by atoms with van der Waals surface area (Å²) in [6.07, 6.45) is 0.876. The van der Waals surface area contributed by atoms with E-state index in [0.29, 0.717) is 11.7 Å². The number of aliphatic hydroxyl groups is 1. The Morgan fingerprint density at radius 2 is 2.17 bits per heavy atom. The smallest absolute Gasteiger partial charge is 0.333 e. The van der Waals surface area contributed by atoms with Crippen LogP contribution in [-0.2, 0) is 21.0 Å². The zero-order valence-electron chi connectivity index (χ0n) is 18.6. The van der Waals surface area contributed by atoms with E-state index < -0.39 is 46.9 Å². The van der Waals surface area contributed by atoms with Crippen LogP contribution in [0.15, 0.2) is 53.5 Å². The van der Waals surface area contributed by atoms with Gasteiger partial charge in [0.05, 0.1) is 24.3 Å².